The molecule has 0 rings (SSSR count). The van der Waals surface area contributed by atoms with Crippen LogP contribution in [0.25, 0.3) is 0 Å². The monoisotopic (exact) mass is 160 g/mol. The average molecular weight is 160 g/mol. The van der Waals surface area contributed by atoms with Crippen LogP contribution in [0.15, 0.2) is 24.3 Å². The van der Waals surface area contributed by atoms with Crippen molar-refractivity contribution in [1.82, 2.24) is 6.15 Å². The molecule has 0 atom stereocenters. The van der Waals surface area contributed by atoms with Crippen LogP contribution in [-0.4, -0.2) is 22.2 Å². The van der Waals surface area contributed by atoms with E-state index in [0.717, 1.165) is 24.3 Å². The Bertz CT molecular complexity index is 173. The standard InChI is InChI=1S/C6H6O4.H3N/c7-5(8)3-1-2-4-6(9)10;/h1-4H,(H,7,8)(H,9,10);1H3/p+1/b3-1-,4-2-;. The Kier molecular flexibility index (Phi) is 7.15. The van der Waals surface area contributed by atoms with Gasteiger partial charge in [-0.05, 0) is 0 Å². The van der Waals surface area contributed by atoms with Crippen LogP contribution in [0.5, 0.6) is 0 Å². The second-order valence-electron chi connectivity index (χ2n) is 1.39. The summed E-state index contributed by atoms with van der Waals surface area (Å²) in [4.78, 5) is 19.6. The van der Waals surface area contributed by atoms with Crippen molar-refractivity contribution in [3.05, 3.63) is 24.3 Å². The molecular formula is C6H10NO4+. The number of quaternary nitrogens is 1. The molecule has 0 aliphatic rings. The maximum Gasteiger partial charge on any atom is 0.328 e. The van der Waals surface area contributed by atoms with Gasteiger partial charge in [0.05, 0.1) is 0 Å². The molecule has 0 spiro atoms. The van der Waals surface area contributed by atoms with E-state index < -0.39 is 11.9 Å². The molecule has 11 heavy (non-hydrogen) atoms. The highest BCUT2D eigenvalue weighted by atomic mass is 16.4. The number of rotatable bonds is 3. The van der Waals surface area contributed by atoms with Crippen LogP contribution in [0.3, 0.4) is 0 Å². The molecule has 0 amide bonds. The van der Waals surface area contributed by atoms with E-state index in [1.807, 2.05) is 0 Å². The zero-order chi connectivity index (χ0) is 7.98. The van der Waals surface area contributed by atoms with Crippen LogP contribution in [-0.2, 0) is 9.59 Å². The van der Waals surface area contributed by atoms with Crippen molar-refractivity contribution in [2.45, 2.75) is 0 Å². The number of carboxylic acid groups (broad SMARTS) is 2. The summed E-state index contributed by atoms with van der Waals surface area (Å²) in [7, 11) is 0. The van der Waals surface area contributed by atoms with Gasteiger partial charge in [-0.25, -0.2) is 9.59 Å². The number of hydrogen-bond donors (Lipinski definition) is 3. The van der Waals surface area contributed by atoms with Crippen LogP contribution in [0, 0.1) is 0 Å². The van der Waals surface area contributed by atoms with Gasteiger partial charge in [0.15, 0.2) is 0 Å². The molecule has 0 aromatic carbocycles. The van der Waals surface area contributed by atoms with E-state index in [9.17, 15) is 9.59 Å². The first-order chi connectivity index (χ1) is 4.63. The smallest absolute Gasteiger partial charge is 0.328 e. The number of carboxylic acids is 2. The minimum Gasteiger partial charge on any atom is -0.478 e. The van der Waals surface area contributed by atoms with Crippen molar-refractivity contribution in [2.75, 3.05) is 0 Å². The molecule has 0 aromatic rings. The Morgan fingerprint density at radius 2 is 1.18 bits per heavy atom. The molecule has 5 heteroatoms. The van der Waals surface area contributed by atoms with Gasteiger partial charge in [-0.15, -0.1) is 0 Å². The van der Waals surface area contributed by atoms with E-state index in [4.69, 9.17) is 10.2 Å². The minimum absolute atomic E-state index is 0. The lowest BCUT2D eigenvalue weighted by Gasteiger charge is -1.75. The van der Waals surface area contributed by atoms with Crippen molar-refractivity contribution >= 4 is 11.9 Å². The fourth-order valence-corrected chi connectivity index (χ4v) is 0.276. The third kappa shape index (κ3) is 11.8. The van der Waals surface area contributed by atoms with Crippen LogP contribution in [0.2, 0.25) is 0 Å². The van der Waals surface area contributed by atoms with E-state index in [2.05, 4.69) is 0 Å². The number of hydrogen-bond acceptors (Lipinski definition) is 2. The Hall–Kier alpha value is -1.62. The predicted molar refractivity (Wildman–Crippen MR) is 39.5 cm³/mol. The van der Waals surface area contributed by atoms with Crippen LogP contribution < -0.4 is 6.15 Å². The maximum absolute atomic E-state index is 9.78. The predicted octanol–water partition coefficient (Wildman–Crippen LogP) is 0.644. The van der Waals surface area contributed by atoms with E-state index in [0.29, 0.717) is 0 Å². The summed E-state index contributed by atoms with van der Waals surface area (Å²) in [5.41, 5.74) is 0. The van der Waals surface area contributed by atoms with E-state index in [-0.39, 0.29) is 6.15 Å². The third-order valence-corrected chi connectivity index (χ3v) is 0.589. The summed E-state index contributed by atoms with van der Waals surface area (Å²) in [6.45, 7) is 0. The third-order valence-electron chi connectivity index (χ3n) is 0.589. The molecule has 0 saturated heterocycles. The topological polar surface area (TPSA) is 111 Å². The SMILES string of the molecule is O=C(O)/C=C\C=C/C(=O)O.[NH4+]. The average Bonchev–Trinajstić information content (AvgIpc) is 1.79. The lowest BCUT2D eigenvalue weighted by molar-refractivity contribution is -0.132. The molecule has 5 nitrogen and oxygen atoms in total. The summed E-state index contributed by atoms with van der Waals surface area (Å²) < 4.78 is 0. The summed E-state index contributed by atoms with van der Waals surface area (Å²) in [5, 5.41) is 16.0. The van der Waals surface area contributed by atoms with E-state index in [1.165, 1.54) is 0 Å². The van der Waals surface area contributed by atoms with Gasteiger partial charge >= 0.3 is 11.9 Å². The molecule has 62 valence electrons. The molecule has 0 aliphatic carbocycles. The van der Waals surface area contributed by atoms with Crippen LogP contribution in [0.4, 0.5) is 0 Å². The van der Waals surface area contributed by atoms with Gasteiger partial charge in [0.2, 0.25) is 0 Å². The van der Waals surface area contributed by atoms with Crippen molar-refractivity contribution < 1.29 is 19.8 Å². The fraction of sp³-hybridized carbons (Fsp3) is 0. The molecular weight excluding hydrogens is 150 g/mol. The summed E-state index contributed by atoms with van der Waals surface area (Å²) in [5.74, 6) is -2.20. The Morgan fingerprint density at radius 3 is 1.36 bits per heavy atom. The molecule has 0 radical (unpaired) electrons. The van der Waals surface area contributed by atoms with Crippen molar-refractivity contribution in [3.63, 3.8) is 0 Å². The molecule has 0 unspecified atom stereocenters. The van der Waals surface area contributed by atoms with Crippen molar-refractivity contribution in [3.8, 4) is 0 Å². The van der Waals surface area contributed by atoms with Crippen molar-refractivity contribution in [1.29, 1.82) is 0 Å². The minimum atomic E-state index is -1.10. The highest BCUT2D eigenvalue weighted by Crippen LogP contribution is 1.76. The fourth-order valence-electron chi connectivity index (χ4n) is 0.276. The van der Waals surface area contributed by atoms with Gasteiger partial charge in [0.1, 0.15) is 0 Å². The van der Waals surface area contributed by atoms with Gasteiger partial charge in [0, 0.05) is 12.2 Å². The van der Waals surface area contributed by atoms with Gasteiger partial charge in [-0.3, -0.25) is 0 Å². The van der Waals surface area contributed by atoms with E-state index in [1.54, 1.807) is 0 Å². The molecule has 0 fully saturated rings. The first-order valence-electron chi connectivity index (χ1n) is 2.43. The lowest BCUT2D eigenvalue weighted by atomic mass is 10.4. The van der Waals surface area contributed by atoms with Crippen LogP contribution in [0.1, 0.15) is 0 Å². The number of aliphatic carboxylic acids is 2. The summed E-state index contributed by atoms with van der Waals surface area (Å²) in [6, 6.07) is 0. The molecule has 0 bridgehead atoms. The first kappa shape index (κ1) is 12.1. The second-order valence-corrected chi connectivity index (χ2v) is 1.39. The molecule has 0 saturated carbocycles. The Labute approximate surface area is 63.2 Å². The number of allylic oxidation sites excluding steroid dienone is 2. The molecule has 0 aromatic heterocycles. The Morgan fingerprint density at radius 1 is 0.909 bits per heavy atom. The Balaban J connectivity index is 0. The van der Waals surface area contributed by atoms with Gasteiger partial charge < -0.3 is 16.4 Å². The zero-order valence-electron chi connectivity index (χ0n) is 6.02. The highest BCUT2D eigenvalue weighted by molar-refractivity contribution is 5.82. The maximum atomic E-state index is 9.78. The molecule has 0 aliphatic heterocycles. The van der Waals surface area contributed by atoms with Crippen molar-refractivity contribution in [2.24, 2.45) is 0 Å². The second kappa shape index (κ2) is 6.50. The largest absolute Gasteiger partial charge is 0.478 e. The quantitative estimate of drug-likeness (QED) is 0.415. The highest BCUT2D eigenvalue weighted by Gasteiger charge is 1.83. The summed E-state index contributed by atoms with van der Waals surface area (Å²) >= 11 is 0. The van der Waals surface area contributed by atoms with Crippen LogP contribution >= 0.6 is 0 Å². The summed E-state index contributed by atoms with van der Waals surface area (Å²) in [6.07, 6.45) is 3.96. The van der Waals surface area contributed by atoms with E-state index >= 15 is 0 Å². The zero-order valence-corrected chi connectivity index (χ0v) is 6.02. The van der Waals surface area contributed by atoms with Gasteiger partial charge in [-0.1, -0.05) is 12.2 Å². The molecule has 6 N–H and O–H groups in total. The van der Waals surface area contributed by atoms with Gasteiger partial charge in [0.25, 0.3) is 0 Å². The first-order valence-corrected chi connectivity index (χ1v) is 2.43. The van der Waals surface area contributed by atoms with Gasteiger partial charge in [-0.2, -0.15) is 0 Å². The lowest BCUT2D eigenvalue weighted by Crippen LogP contribution is -1.86. The number of carbonyl (C=O) groups is 2. The molecule has 0 heterocycles. The normalized spacial score (nSPS) is 9.82.